The molecule has 13 nitrogen and oxygen atoms in total. The number of alkyl halides is 6. The molecule has 5 rings (SSSR count). The normalized spacial score (nSPS) is 13.9. The number of ketones is 1. The van der Waals surface area contributed by atoms with Crippen LogP contribution in [0.1, 0.15) is 46.3 Å². The van der Waals surface area contributed by atoms with E-state index in [9.17, 15) is 50.6 Å². The van der Waals surface area contributed by atoms with Gasteiger partial charge in [-0.15, -0.1) is 0 Å². The number of aromatic nitrogens is 3. The fourth-order valence-electron chi connectivity index (χ4n) is 5.11. The summed E-state index contributed by atoms with van der Waals surface area (Å²) < 4.78 is 81.8. The number of carboxylic acids is 1. The summed E-state index contributed by atoms with van der Waals surface area (Å²) in [6.45, 7) is -1.99. The highest BCUT2D eigenvalue weighted by molar-refractivity contribution is 6.36. The van der Waals surface area contributed by atoms with E-state index in [0.717, 1.165) is 29.8 Å². The molecule has 1 saturated carbocycles. The van der Waals surface area contributed by atoms with Crippen molar-refractivity contribution in [2.75, 3.05) is 23.8 Å². The Balaban J connectivity index is 1.17. The van der Waals surface area contributed by atoms with Crippen molar-refractivity contribution in [3.63, 3.8) is 0 Å². The highest BCUT2D eigenvalue weighted by atomic mass is 35.5. The molecule has 0 unspecified atom stereocenters. The second-order valence-corrected chi connectivity index (χ2v) is 12.7. The number of anilines is 3. The van der Waals surface area contributed by atoms with E-state index in [0.29, 0.717) is 17.9 Å². The summed E-state index contributed by atoms with van der Waals surface area (Å²) in [7, 11) is 0. The van der Waals surface area contributed by atoms with Gasteiger partial charge in [-0.05, 0) is 78.9 Å². The van der Waals surface area contributed by atoms with Crippen molar-refractivity contribution in [3.8, 4) is 6.01 Å². The van der Waals surface area contributed by atoms with E-state index in [1.807, 2.05) is 0 Å². The lowest BCUT2D eigenvalue weighted by Crippen LogP contribution is -2.43. The van der Waals surface area contributed by atoms with Crippen LogP contribution in [0.25, 0.3) is 0 Å². The number of halogens is 7. The van der Waals surface area contributed by atoms with Crippen LogP contribution in [0, 0.1) is 0 Å². The first-order valence-electron chi connectivity index (χ1n) is 16.3. The van der Waals surface area contributed by atoms with Gasteiger partial charge in [0.2, 0.25) is 17.7 Å². The number of benzene rings is 3. The molecule has 5 N–H and O–H groups in total. The van der Waals surface area contributed by atoms with E-state index in [4.69, 9.17) is 16.3 Å². The van der Waals surface area contributed by atoms with Crippen LogP contribution in [0.3, 0.4) is 0 Å². The monoisotopic (exact) mass is 793 g/mol. The van der Waals surface area contributed by atoms with Gasteiger partial charge < -0.3 is 31.1 Å². The number of nitrogens with zero attached hydrogens (tertiary/aromatic N) is 3. The van der Waals surface area contributed by atoms with Gasteiger partial charge >= 0.3 is 24.3 Å². The molecule has 2 amide bonds. The molecule has 0 spiro atoms. The minimum absolute atomic E-state index is 0.0124. The number of rotatable bonds is 16. The fraction of sp³-hybridized carbons (Fsp3) is 0.286. The Hall–Kier alpha value is -5.98. The van der Waals surface area contributed by atoms with Crippen molar-refractivity contribution in [3.05, 3.63) is 100 Å². The molecule has 0 radical (unpaired) electrons. The summed E-state index contributed by atoms with van der Waals surface area (Å²) in [6.07, 6.45) is -8.69. The first-order valence-corrected chi connectivity index (χ1v) is 16.6. The number of aliphatic carboxylic acids is 1. The summed E-state index contributed by atoms with van der Waals surface area (Å²) in [5, 5.41) is 20.6. The highest BCUT2D eigenvalue weighted by Gasteiger charge is 2.45. The molecule has 0 saturated heterocycles. The van der Waals surface area contributed by atoms with Crippen LogP contribution in [0.5, 0.6) is 6.01 Å². The topological polar surface area (TPSA) is 185 Å². The smallest absolute Gasteiger partial charge is 0.422 e. The molecular formula is C35H30ClF6N7O6. The maximum atomic E-state index is 12.9. The highest BCUT2D eigenvalue weighted by Crippen LogP contribution is 2.48. The Labute approximate surface area is 312 Å². The van der Waals surface area contributed by atoms with Gasteiger partial charge in [-0.1, -0.05) is 35.9 Å². The third-order valence-corrected chi connectivity index (χ3v) is 8.35. The summed E-state index contributed by atoms with van der Waals surface area (Å²) >= 11 is 6.00. The average molecular weight is 794 g/mol. The van der Waals surface area contributed by atoms with Gasteiger partial charge in [-0.2, -0.15) is 41.3 Å². The lowest BCUT2D eigenvalue weighted by molar-refractivity contribution is -0.154. The molecule has 1 aliphatic carbocycles. The van der Waals surface area contributed by atoms with Gasteiger partial charge in [0.25, 0.3) is 11.8 Å². The number of Topliss-reactive ketones (excluding diaryl/α,β-unsaturated/α-hetero) is 1. The van der Waals surface area contributed by atoms with Crippen LogP contribution in [-0.2, 0) is 32.5 Å². The number of amides is 2. The molecule has 55 heavy (non-hydrogen) atoms. The van der Waals surface area contributed by atoms with Crippen molar-refractivity contribution in [1.29, 1.82) is 0 Å². The van der Waals surface area contributed by atoms with Gasteiger partial charge in [-0.3, -0.25) is 14.4 Å². The first kappa shape index (κ1) is 40.2. The zero-order valence-corrected chi connectivity index (χ0v) is 29.0. The zero-order chi connectivity index (χ0) is 40.0. The molecular weight excluding hydrogens is 764 g/mol. The number of hydrogen-bond acceptors (Lipinski definition) is 10. The number of ether oxygens (including phenoxy) is 1. The molecule has 0 bridgehead atoms. The maximum absolute atomic E-state index is 12.9. The molecule has 4 aromatic rings. The van der Waals surface area contributed by atoms with Crippen molar-refractivity contribution in [2.45, 2.75) is 49.6 Å². The van der Waals surface area contributed by atoms with Crippen molar-refractivity contribution in [1.82, 2.24) is 25.6 Å². The van der Waals surface area contributed by atoms with Crippen LogP contribution >= 0.6 is 11.6 Å². The van der Waals surface area contributed by atoms with Crippen LogP contribution in [0.15, 0.2) is 72.8 Å². The Morgan fingerprint density at radius 2 is 1.49 bits per heavy atom. The van der Waals surface area contributed by atoms with E-state index in [2.05, 4.69) is 36.2 Å². The molecule has 20 heteroatoms. The number of carbonyl (C=O) groups excluding carboxylic acids is 3. The fourth-order valence-corrected chi connectivity index (χ4v) is 5.24. The van der Waals surface area contributed by atoms with E-state index >= 15 is 0 Å². The van der Waals surface area contributed by atoms with E-state index in [-0.39, 0.29) is 41.7 Å². The van der Waals surface area contributed by atoms with E-state index in [1.165, 1.54) is 24.3 Å². The summed E-state index contributed by atoms with van der Waals surface area (Å²) in [5.74, 6) is -4.57. The quantitative estimate of drug-likeness (QED) is 0.0680. The number of carboxylic acid groups (broad SMARTS) is 1. The Bertz CT molecular complexity index is 2030. The average Bonchev–Trinajstić information content (AvgIpc) is 3.90. The Morgan fingerprint density at radius 3 is 2.07 bits per heavy atom. The van der Waals surface area contributed by atoms with Gasteiger partial charge in [0.1, 0.15) is 6.04 Å². The third-order valence-electron chi connectivity index (χ3n) is 8.10. The zero-order valence-electron chi connectivity index (χ0n) is 28.2. The van der Waals surface area contributed by atoms with Crippen LogP contribution < -0.4 is 26.0 Å². The number of hydrogen-bond donors (Lipinski definition) is 5. The molecule has 1 atom stereocenters. The molecule has 1 aliphatic rings. The summed E-state index contributed by atoms with van der Waals surface area (Å²) in [4.78, 5) is 61.4. The lowest BCUT2D eigenvalue weighted by atomic mass is 10.1. The number of carbonyl (C=O) groups is 4. The largest absolute Gasteiger partial charge is 0.480 e. The minimum atomic E-state index is -4.67. The third kappa shape index (κ3) is 11.5. The van der Waals surface area contributed by atoms with Crippen molar-refractivity contribution < 1.29 is 55.4 Å². The van der Waals surface area contributed by atoms with E-state index in [1.54, 1.807) is 24.3 Å². The summed E-state index contributed by atoms with van der Waals surface area (Å²) in [6, 6.07) is 14.0. The second-order valence-electron chi connectivity index (χ2n) is 12.3. The second kappa shape index (κ2) is 16.6. The Morgan fingerprint density at radius 1 is 0.855 bits per heavy atom. The molecule has 1 heterocycles. The lowest BCUT2D eigenvalue weighted by Gasteiger charge is -2.19. The minimum Gasteiger partial charge on any atom is -0.480 e. The van der Waals surface area contributed by atoms with Gasteiger partial charge in [-0.25, -0.2) is 4.79 Å². The maximum Gasteiger partial charge on any atom is 0.422 e. The predicted octanol–water partition coefficient (Wildman–Crippen LogP) is 5.83. The standard InChI is InChI=1S/C35H30ClF6N7O6/c36-23-9-7-21(8-10-23)33(14-15-33)49-31-46-30(47-32(48-31)55-18-34(37,38)39)44-24-11-3-20(4-12-24)27(51)45-25(29(53)54)13-16-43-28(52)26(50)17-19-1-5-22(6-2-19)35(40,41)42/h1-12,25H,13-18H2,(H,43,52)(H,45,51)(H,53,54)(H2,44,46,47,48,49)/t25-/m0/s1. The van der Waals surface area contributed by atoms with Crippen molar-refractivity contribution >= 4 is 52.8 Å². The molecule has 290 valence electrons. The molecule has 1 fully saturated rings. The molecule has 1 aromatic heterocycles. The van der Waals surface area contributed by atoms with Gasteiger partial charge in [0.15, 0.2) is 6.61 Å². The SMILES string of the molecule is O=C(Cc1ccc(C(F)(F)F)cc1)C(=O)NCC[C@H](NC(=O)c1ccc(Nc2nc(NC3(c4ccc(Cl)cc4)CC3)nc(OCC(F)(F)F)n2)cc1)C(=O)O. The van der Waals surface area contributed by atoms with Crippen LogP contribution in [0.4, 0.5) is 43.9 Å². The predicted molar refractivity (Wildman–Crippen MR) is 184 cm³/mol. The molecule has 3 aromatic carbocycles. The first-order chi connectivity index (χ1) is 25.9. The van der Waals surface area contributed by atoms with Gasteiger partial charge in [0, 0.05) is 29.2 Å². The Kier molecular flexibility index (Phi) is 12.1. The van der Waals surface area contributed by atoms with Gasteiger partial charge in [0.05, 0.1) is 11.1 Å². The molecule has 0 aliphatic heterocycles. The number of nitrogens with one attached hydrogen (secondary N) is 4. The van der Waals surface area contributed by atoms with Crippen LogP contribution in [-0.4, -0.2) is 69.0 Å². The van der Waals surface area contributed by atoms with Crippen molar-refractivity contribution in [2.24, 2.45) is 0 Å². The van der Waals surface area contributed by atoms with E-state index < -0.39 is 72.1 Å². The van der Waals surface area contributed by atoms with Crippen LogP contribution in [0.2, 0.25) is 5.02 Å². The summed E-state index contributed by atoms with van der Waals surface area (Å²) in [5.41, 5.74) is -0.188.